The molecule has 3 heterocycles. The van der Waals surface area contributed by atoms with Crippen LogP contribution in [0.1, 0.15) is 65.5 Å². The summed E-state index contributed by atoms with van der Waals surface area (Å²) in [4.78, 5) is 39.8. The van der Waals surface area contributed by atoms with Crippen LogP contribution in [-0.2, 0) is 23.9 Å². The largest absolute Gasteiger partial charge is 0.472 e. The molecule has 6 heteroatoms. The number of rotatable bonds is 1. The third kappa shape index (κ3) is 1.92. The second-order valence-electron chi connectivity index (χ2n) is 11.8. The minimum Gasteiger partial charge on any atom is -0.472 e. The third-order valence-electron chi connectivity index (χ3n) is 10.3. The molecule has 1 unspecified atom stereocenters. The standard InChI is InChI=1S/C26H30O6/c1-22(2)16-12-18(28)25(5)15(23(16,3)9-7-17(22)27)6-10-24(4)19(14-8-11-30-13-14)31-21(29)20-26(24,25)32-20/h7-9,11,13,15-16,19-20H,6,10,12H2,1-5H3/t15-,16?,19+,20-,23-,24+,25+,26-/m1/s1. The molecule has 2 saturated carbocycles. The van der Waals surface area contributed by atoms with Crippen molar-refractivity contribution in [1.82, 2.24) is 0 Å². The van der Waals surface area contributed by atoms with E-state index in [0.29, 0.717) is 6.42 Å². The molecule has 6 rings (SSSR count). The van der Waals surface area contributed by atoms with E-state index in [9.17, 15) is 14.4 Å². The number of cyclic esters (lactones) is 1. The molecule has 8 atom stereocenters. The van der Waals surface area contributed by atoms with Crippen molar-refractivity contribution in [3.8, 4) is 0 Å². The highest BCUT2D eigenvalue weighted by Crippen LogP contribution is 2.78. The number of carbonyl (C=O) groups is 3. The Morgan fingerprint density at radius 2 is 1.75 bits per heavy atom. The molecular weight excluding hydrogens is 408 g/mol. The highest BCUT2D eigenvalue weighted by Gasteiger charge is 2.88. The van der Waals surface area contributed by atoms with E-state index in [0.717, 1.165) is 18.4 Å². The monoisotopic (exact) mass is 438 g/mol. The summed E-state index contributed by atoms with van der Waals surface area (Å²) in [6.07, 6.45) is 7.57. The molecule has 0 N–H and O–H groups in total. The number of furan rings is 1. The van der Waals surface area contributed by atoms with Crippen LogP contribution in [-0.4, -0.2) is 29.2 Å². The maximum atomic E-state index is 14.1. The van der Waals surface area contributed by atoms with Crippen molar-refractivity contribution in [3.05, 3.63) is 36.3 Å². The number of fused-ring (bicyclic) bond motifs is 3. The fraction of sp³-hybridized carbons (Fsp3) is 0.654. The van der Waals surface area contributed by atoms with Crippen LogP contribution in [0.25, 0.3) is 0 Å². The summed E-state index contributed by atoms with van der Waals surface area (Å²) >= 11 is 0. The van der Waals surface area contributed by atoms with Crippen molar-refractivity contribution >= 4 is 17.5 Å². The average molecular weight is 439 g/mol. The Morgan fingerprint density at radius 1 is 1.00 bits per heavy atom. The lowest BCUT2D eigenvalue weighted by atomic mass is 9.36. The first-order chi connectivity index (χ1) is 14.9. The molecule has 6 nitrogen and oxygen atoms in total. The number of esters is 1. The number of hydrogen-bond donors (Lipinski definition) is 0. The zero-order valence-electron chi connectivity index (χ0n) is 19.3. The molecule has 0 radical (unpaired) electrons. The maximum absolute atomic E-state index is 14.1. The van der Waals surface area contributed by atoms with Gasteiger partial charge in [-0.15, -0.1) is 0 Å². The van der Waals surface area contributed by atoms with Gasteiger partial charge in [0.2, 0.25) is 0 Å². The molecule has 0 amide bonds. The Balaban J connectivity index is 1.53. The van der Waals surface area contributed by atoms with Gasteiger partial charge in [-0.3, -0.25) is 9.59 Å². The second-order valence-corrected chi connectivity index (χ2v) is 11.8. The summed E-state index contributed by atoms with van der Waals surface area (Å²) in [5, 5.41) is 0. The van der Waals surface area contributed by atoms with Crippen LogP contribution in [0.2, 0.25) is 0 Å². The smallest absolute Gasteiger partial charge is 0.339 e. The van der Waals surface area contributed by atoms with Crippen LogP contribution in [0.15, 0.2) is 35.2 Å². The van der Waals surface area contributed by atoms with E-state index in [1.54, 1.807) is 18.6 Å². The topological polar surface area (TPSA) is 86.1 Å². The van der Waals surface area contributed by atoms with Crippen molar-refractivity contribution in [2.24, 2.45) is 33.5 Å². The molecule has 5 aliphatic rings. The van der Waals surface area contributed by atoms with Crippen LogP contribution in [0, 0.1) is 33.5 Å². The summed E-state index contributed by atoms with van der Waals surface area (Å²) in [5.74, 6) is -0.312. The molecular formula is C26H30O6. The number of ketones is 2. The van der Waals surface area contributed by atoms with Crippen molar-refractivity contribution < 1.29 is 28.3 Å². The molecule has 32 heavy (non-hydrogen) atoms. The SMILES string of the molecule is CC1(C)C(=O)C=C[C@@]2(C)C1CC(=O)[C@]1(C)[C@@H]2CC[C@@]2(C)[C@H](c3ccoc3)OC(=O)[C@H]3O[C@]321. The zero-order valence-corrected chi connectivity index (χ0v) is 19.3. The normalized spacial score (nSPS) is 50.6. The summed E-state index contributed by atoms with van der Waals surface area (Å²) in [7, 11) is 0. The molecule has 4 fully saturated rings. The zero-order chi connectivity index (χ0) is 22.9. The molecule has 3 aliphatic carbocycles. The Hall–Kier alpha value is -2.21. The lowest BCUT2D eigenvalue weighted by Crippen LogP contribution is -2.71. The number of Topliss-reactive ketones (excluding diaryl/α,β-unsaturated/α-hetero) is 1. The van der Waals surface area contributed by atoms with Gasteiger partial charge in [0.15, 0.2) is 11.9 Å². The van der Waals surface area contributed by atoms with E-state index in [-0.39, 0.29) is 28.8 Å². The summed E-state index contributed by atoms with van der Waals surface area (Å²) in [5.41, 5.74) is -2.45. The Kier molecular flexibility index (Phi) is 3.60. The number of allylic oxidation sites excluding steroid dienone is 2. The number of epoxide rings is 1. The van der Waals surface area contributed by atoms with Gasteiger partial charge in [-0.2, -0.15) is 0 Å². The van der Waals surface area contributed by atoms with Crippen LogP contribution in [0.5, 0.6) is 0 Å². The van der Waals surface area contributed by atoms with Crippen molar-refractivity contribution in [3.63, 3.8) is 0 Å². The van der Waals surface area contributed by atoms with Crippen molar-refractivity contribution in [2.75, 3.05) is 0 Å². The van der Waals surface area contributed by atoms with Gasteiger partial charge in [-0.25, -0.2) is 4.79 Å². The van der Waals surface area contributed by atoms with Crippen LogP contribution in [0.4, 0.5) is 0 Å². The van der Waals surface area contributed by atoms with Gasteiger partial charge in [0.25, 0.3) is 0 Å². The maximum Gasteiger partial charge on any atom is 0.339 e. The molecule has 1 spiro atoms. The Morgan fingerprint density at radius 3 is 2.44 bits per heavy atom. The predicted octanol–water partition coefficient (Wildman–Crippen LogP) is 4.20. The van der Waals surface area contributed by atoms with Crippen LogP contribution >= 0.6 is 0 Å². The Labute approximate surface area is 187 Å². The molecule has 0 bridgehead atoms. The van der Waals surface area contributed by atoms with E-state index in [1.807, 2.05) is 32.9 Å². The number of carbonyl (C=O) groups excluding carboxylic acids is 3. The highest BCUT2D eigenvalue weighted by atomic mass is 16.7. The van der Waals surface area contributed by atoms with Gasteiger partial charge in [0.05, 0.1) is 17.9 Å². The third-order valence-corrected chi connectivity index (χ3v) is 10.3. The molecule has 170 valence electrons. The van der Waals surface area contributed by atoms with Crippen LogP contribution < -0.4 is 0 Å². The first-order valence-corrected chi connectivity index (χ1v) is 11.6. The van der Waals surface area contributed by atoms with Gasteiger partial charge >= 0.3 is 5.97 Å². The Bertz CT molecular complexity index is 1080. The quantitative estimate of drug-likeness (QED) is 0.483. The van der Waals surface area contributed by atoms with E-state index in [4.69, 9.17) is 13.9 Å². The van der Waals surface area contributed by atoms with Crippen LogP contribution in [0.3, 0.4) is 0 Å². The van der Waals surface area contributed by atoms with E-state index in [1.165, 1.54) is 0 Å². The molecule has 2 saturated heterocycles. The number of hydrogen-bond acceptors (Lipinski definition) is 6. The van der Waals surface area contributed by atoms with Crippen molar-refractivity contribution in [1.29, 1.82) is 0 Å². The molecule has 0 aromatic carbocycles. The molecule has 1 aromatic heterocycles. The van der Waals surface area contributed by atoms with Gasteiger partial charge in [0, 0.05) is 22.8 Å². The van der Waals surface area contributed by atoms with Gasteiger partial charge in [-0.1, -0.05) is 33.8 Å². The van der Waals surface area contributed by atoms with E-state index >= 15 is 0 Å². The lowest BCUT2D eigenvalue weighted by molar-refractivity contribution is -0.210. The van der Waals surface area contributed by atoms with Gasteiger partial charge in [0.1, 0.15) is 17.5 Å². The first-order valence-electron chi connectivity index (χ1n) is 11.6. The summed E-state index contributed by atoms with van der Waals surface area (Å²) in [6.45, 7) is 10.2. The number of ether oxygens (including phenoxy) is 2. The second kappa shape index (κ2) is 5.64. The minimum absolute atomic E-state index is 0.0288. The first kappa shape index (κ1) is 20.4. The van der Waals surface area contributed by atoms with E-state index < -0.39 is 40.0 Å². The summed E-state index contributed by atoms with van der Waals surface area (Å²) in [6, 6.07) is 1.83. The molecule has 2 aliphatic heterocycles. The minimum atomic E-state index is -0.912. The summed E-state index contributed by atoms with van der Waals surface area (Å²) < 4.78 is 17.5. The van der Waals surface area contributed by atoms with Crippen molar-refractivity contribution in [2.45, 2.75) is 71.7 Å². The van der Waals surface area contributed by atoms with Gasteiger partial charge in [-0.05, 0) is 49.2 Å². The predicted molar refractivity (Wildman–Crippen MR) is 113 cm³/mol. The fourth-order valence-electron chi connectivity index (χ4n) is 8.56. The van der Waals surface area contributed by atoms with Gasteiger partial charge < -0.3 is 13.9 Å². The van der Waals surface area contributed by atoms with E-state index in [2.05, 4.69) is 13.8 Å². The lowest BCUT2D eigenvalue weighted by Gasteiger charge is -2.66. The average Bonchev–Trinajstić information content (AvgIpc) is 3.30. The molecule has 1 aromatic rings. The fourth-order valence-corrected chi connectivity index (χ4v) is 8.56. The highest BCUT2D eigenvalue weighted by molar-refractivity contribution is 5.98.